The zero-order valence-corrected chi connectivity index (χ0v) is 10.3. The van der Waals surface area contributed by atoms with Crippen molar-refractivity contribution in [1.29, 1.82) is 0 Å². The van der Waals surface area contributed by atoms with Crippen LogP contribution in [0.5, 0.6) is 0 Å². The minimum Gasteiger partial charge on any atom is -0.399 e. The van der Waals surface area contributed by atoms with Gasteiger partial charge in [0.1, 0.15) is 6.33 Å². The maximum Gasteiger partial charge on any atom is 0.156 e. The Labute approximate surface area is 106 Å². The number of rotatable bonds is 5. The van der Waals surface area contributed by atoms with Crippen molar-refractivity contribution in [1.82, 2.24) is 14.8 Å². The third kappa shape index (κ3) is 3.18. The van der Waals surface area contributed by atoms with E-state index in [1.165, 1.54) is 0 Å². The van der Waals surface area contributed by atoms with Crippen LogP contribution >= 0.6 is 0 Å². The van der Waals surface area contributed by atoms with Crippen LogP contribution in [0.4, 0.5) is 5.69 Å². The number of methoxy groups -OCH3 is 1. The summed E-state index contributed by atoms with van der Waals surface area (Å²) in [5, 5.41) is 7.93. The predicted molar refractivity (Wildman–Crippen MR) is 71.7 cm³/mol. The van der Waals surface area contributed by atoms with E-state index in [-0.39, 0.29) is 0 Å². The Balaban J connectivity index is 2.11. The van der Waals surface area contributed by atoms with Gasteiger partial charge in [-0.15, -0.1) is 10.2 Å². The third-order valence-corrected chi connectivity index (χ3v) is 2.52. The lowest BCUT2D eigenvalue weighted by molar-refractivity contribution is 0.187. The summed E-state index contributed by atoms with van der Waals surface area (Å²) in [5.74, 6) is 0.800. The Morgan fingerprint density at radius 1 is 1.39 bits per heavy atom. The van der Waals surface area contributed by atoms with Crippen LogP contribution in [0.15, 0.2) is 30.6 Å². The van der Waals surface area contributed by atoms with Crippen molar-refractivity contribution >= 4 is 17.8 Å². The van der Waals surface area contributed by atoms with Gasteiger partial charge in [-0.25, -0.2) is 0 Å². The second-order valence-corrected chi connectivity index (χ2v) is 3.88. The summed E-state index contributed by atoms with van der Waals surface area (Å²) < 4.78 is 6.97. The molecule has 5 nitrogen and oxygen atoms in total. The number of anilines is 1. The van der Waals surface area contributed by atoms with Gasteiger partial charge in [0, 0.05) is 19.3 Å². The standard InChI is InChI=1S/C13H16N4O/c1-18-8-7-17-10-15-16-13(17)6-5-11-3-2-4-12(14)9-11/h2-6,9-10H,7-8,14H2,1H3/b6-5+. The van der Waals surface area contributed by atoms with E-state index < -0.39 is 0 Å². The van der Waals surface area contributed by atoms with Crippen molar-refractivity contribution in [3.63, 3.8) is 0 Å². The van der Waals surface area contributed by atoms with Crippen LogP contribution in [0.1, 0.15) is 11.4 Å². The number of ether oxygens (including phenoxy) is 1. The minimum atomic E-state index is 0.636. The van der Waals surface area contributed by atoms with E-state index in [4.69, 9.17) is 10.5 Å². The molecule has 2 aromatic rings. The Bertz CT molecular complexity index is 533. The highest BCUT2D eigenvalue weighted by Crippen LogP contribution is 2.10. The molecule has 0 atom stereocenters. The molecule has 0 bridgehead atoms. The third-order valence-electron chi connectivity index (χ3n) is 2.52. The van der Waals surface area contributed by atoms with Crippen LogP contribution in [0.3, 0.4) is 0 Å². The van der Waals surface area contributed by atoms with E-state index in [9.17, 15) is 0 Å². The molecule has 0 fully saturated rings. The summed E-state index contributed by atoms with van der Waals surface area (Å²) in [6.07, 6.45) is 5.57. The fraction of sp³-hybridized carbons (Fsp3) is 0.231. The number of nitrogen functional groups attached to an aromatic ring is 1. The molecular formula is C13H16N4O. The largest absolute Gasteiger partial charge is 0.399 e. The number of aromatic nitrogens is 3. The molecule has 1 aromatic carbocycles. The number of nitrogens with zero attached hydrogens (tertiary/aromatic N) is 3. The molecule has 5 heteroatoms. The molecule has 1 aromatic heterocycles. The molecule has 0 unspecified atom stereocenters. The molecule has 2 N–H and O–H groups in total. The maximum atomic E-state index is 5.72. The molecule has 0 aliphatic rings. The molecule has 0 saturated carbocycles. The highest BCUT2D eigenvalue weighted by Gasteiger charge is 1.99. The first-order valence-electron chi connectivity index (χ1n) is 5.70. The molecule has 1 heterocycles. The van der Waals surface area contributed by atoms with E-state index >= 15 is 0 Å². The Hall–Kier alpha value is -2.14. The van der Waals surface area contributed by atoms with Gasteiger partial charge in [-0.05, 0) is 23.8 Å². The fourth-order valence-corrected chi connectivity index (χ4v) is 1.59. The molecule has 0 aliphatic carbocycles. The first-order chi connectivity index (χ1) is 8.79. The van der Waals surface area contributed by atoms with Gasteiger partial charge in [-0.2, -0.15) is 0 Å². The average molecular weight is 244 g/mol. The minimum absolute atomic E-state index is 0.636. The number of hydrogen-bond donors (Lipinski definition) is 1. The predicted octanol–water partition coefficient (Wildman–Crippen LogP) is 1.68. The molecule has 0 amide bonds. The summed E-state index contributed by atoms with van der Waals surface area (Å²) in [7, 11) is 1.67. The lowest BCUT2D eigenvalue weighted by Crippen LogP contribution is -2.04. The van der Waals surface area contributed by atoms with Crippen LogP contribution in [-0.4, -0.2) is 28.5 Å². The first-order valence-corrected chi connectivity index (χ1v) is 5.70. The smallest absolute Gasteiger partial charge is 0.156 e. The summed E-state index contributed by atoms with van der Waals surface area (Å²) >= 11 is 0. The molecule has 2 rings (SSSR count). The van der Waals surface area contributed by atoms with Crippen molar-refractivity contribution < 1.29 is 4.74 Å². The zero-order valence-electron chi connectivity index (χ0n) is 10.3. The fourth-order valence-electron chi connectivity index (χ4n) is 1.59. The van der Waals surface area contributed by atoms with Crippen LogP contribution < -0.4 is 5.73 Å². The number of nitrogens with two attached hydrogens (primary N) is 1. The van der Waals surface area contributed by atoms with E-state index in [0.29, 0.717) is 6.61 Å². The summed E-state index contributed by atoms with van der Waals surface area (Å²) in [6.45, 7) is 1.37. The topological polar surface area (TPSA) is 66.0 Å². The SMILES string of the molecule is COCCn1cnnc1/C=C/c1cccc(N)c1. The van der Waals surface area contributed by atoms with Gasteiger partial charge in [0.2, 0.25) is 0 Å². The Morgan fingerprint density at radius 2 is 2.28 bits per heavy atom. The normalized spacial score (nSPS) is 11.2. The summed E-state index contributed by atoms with van der Waals surface area (Å²) in [6, 6.07) is 7.68. The molecule has 0 radical (unpaired) electrons. The van der Waals surface area contributed by atoms with Crippen LogP contribution in [-0.2, 0) is 11.3 Å². The number of hydrogen-bond acceptors (Lipinski definition) is 4. The van der Waals surface area contributed by atoms with Crippen LogP contribution in [0, 0.1) is 0 Å². The van der Waals surface area contributed by atoms with E-state index in [0.717, 1.165) is 23.6 Å². The van der Waals surface area contributed by atoms with Gasteiger partial charge in [0.05, 0.1) is 6.61 Å². The van der Waals surface area contributed by atoms with Crippen molar-refractivity contribution in [2.75, 3.05) is 19.5 Å². The Morgan fingerprint density at radius 3 is 3.06 bits per heavy atom. The second kappa shape index (κ2) is 5.97. The quantitative estimate of drug-likeness (QED) is 0.813. The van der Waals surface area contributed by atoms with Crippen molar-refractivity contribution in [3.05, 3.63) is 42.0 Å². The van der Waals surface area contributed by atoms with Gasteiger partial charge in [-0.3, -0.25) is 0 Å². The van der Waals surface area contributed by atoms with Gasteiger partial charge in [0.15, 0.2) is 5.82 Å². The zero-order chi connectivity index (χ0) is 12.8. The lowest BCUT2D eigenvalue weighted by atomic mass is 10.2. The van der Waals surface area contributed by atoms with Crippen LogP contribution in [0.25, 0.3) is 12.2 Å². The highest BCUT2D eigenvalue weighted by molar-refractivity contribution is 5.68. The van der Waals surface area contributed by atoms with E-state index in [1.54, 1.807) is 13.4 Å². The van der Waals surface area contributed by atoms with Gasteiger partial charge in [0.25, 0.3) is 0 Å². The van der Waals surface area contributed by atoms with Gasteiger partial charge < -0.3 is 15.0 Å². The monoisotopic (exact) mass is 244 g/mol. The highest BCUT2D eigenvalue weighted by atomic mass is 16.5. The summed E-state index contributed by atoms with van der Waals surface area (Å²) in [5.41, 5.74) is 7.51. The Kier molecular flexibility index (Phi) is 4.09. The van der Waals surface area contributed by atoms with E-state index in [2.05, 4.69) is 10.2 Å². The second-order valence-electron chi connectivity index (χ2n) is 3.88. The molecule has 0 aliphatic heterocycles. The molecule has 0 spiro atoms. The van der Waals surface area contributed by atoms with Crippen molar-refractivity contribution in [2.45, 2.75) is 6.54 Å². The number of benzene rings is 1. The molecule has 0 saturated heterocycles. The molecular weight excluding hydrogens is 228 g/mol. The molecule has 18 heavy (non-hydrogen) atoms. The van der Waals surface area contributed by atoms with Crippen molar-refractivity contribution in [2.24, 2.45) is 0 Å². The summed E-state index contributed by atoms with van der Waals surface area (Å²) in [4.78, 5) is 0. The van der Waals surface area contributed by atoms with Gasteiger partial charge in [-0.1, -0.05) is 18.2 Å². The van der Waals surface area contributed by atoms with Crippen molar-refractivity contribution in [3.8, 4) is 0 Å². The van der Waals surface area contributed by atoms with Crippen LogP contribution in [0.2, 0.25) is 0 Å². The molecule has 94 valence electrons. The van der Waals surface area contributed by atoms with Gasteiger partial charge >= 0.3 is 0 Å². The average Bonchev–Trinajstić information content (AvgIpc) is 2.81. The van der Waals surface area contributed by atoms with E-state index in [1.807, 2.05) is 41.0 Å². The maximum absolute atomic E-state index is 5.72. The first kappa shape index (κ1) is 12.3. The lowest BCUT2D eigenvalue weighted by Gasteiger charge is -2.02.